The van der Waals surface area contributed by atoms with Crippen LogP contribution in [0.4, 0.5) is 13.2 Å². The molecule has 0 amide bonds. The Morgan fingerprint density at radius 1 is 1.39 bits per heavy atom. The highest BCUT2D eigenvalue weighted by Gasteiger charge is 2.36. The van der Waals surface area contributed by atoms with Crippen molar-refractivity contribution in [2.24, 2.45) is 0 Å². The van der Waals surface area contributed by atoms with Crippen LogP contribution < -0.4 is 4.74 Å². The van der Waals surface area contributed by atoms with Gasteiger partial charge in [0.05, 0.1) is 5.56 Å². The number of nitriles is 1. The zero-order valence-electron chi connectivity index (χ0n) is 8.19. The smallest absolute Gasteiger partial charge is 0.503 e. The maximum Gasteiger partial charge on any atom is 0.573 e. The molecular weight excluding hydrogens is 299 g/mol. The molecule has 98 valence electrons. The summed E-state index contributed by atoms with van der Waals surface area (Å²) in [6.07, 6.45) is -5.25. The maximum absolute atomic E-state index is 12.1. The van der Waals surface area contributed by atoms with Crippen LogP contribution in [0.5, 0.6) is 11.5 Å². The highest BCUT2D eigenvalue weighted by Crippen LogP contribution is 2.40. The molecule has 1 rings (SSSR count). The van der Waals surface area contributed by atoms with Gasteiger partial charge < -0.3 is 9.84 Å². The minimum atomic E-state index is -5.25. The van der Waals surface area contributed by atoms with Crippen molar-refractivity contribution in [2.75, 3.05) is 0 Å². The van der Waals surface area contributed by atoms with Crippen LogP contribution >= 0.6 is 10.7 Å². The largest absolute Gasteiger partial charge is 0.573 e. The van der Waals surface area contributed by atoms with Crippen molar-refractivity contribution in [3.63, 3.8) is 0 Å². The van der Waals surface area contributed by atoms with Crippen LogP contribution in [0.2, 0.25) is 0 Å². The van der Waals surface area contributed by atoms with Gasteiger partial charge in [-0.15, -0.1) is 13.2 Å². The van der Waals surface area contributed by atoms with E-state index in [1.165, 1.54) is 6.07 Å². The van der Waals surface area contributed by atoms with Crippen LogP contribution in [0.25, 0.3) is 0 Å². The topological polar surface area (TPSA) is 87.4 Å². The molecule has 0 saturated carbocycles. The van der Waals surface area contributed by atoms with Crippen LogP contribution in [-0.2, 0) is 9.05 Å². The molecule has 1 aromatic carbocycles. The summed E-state index contributed by atoms with van der Waals surface area (Å²) in [5.74, 6) is -2.69. The summed E-state index contributed by atoms with van der Waals surface area (Å²) in [6.45, 7) is 0. The van der Waals surface area contributed by atoms with Gasteiger partial charge in [-0.05, 0) is 12.1 Å². The Balaban J connectivity index is 3.57. The third-order valence-electron chi connectivity index (χ3n) is 1.70. The van der Waals surface area contributed by atoms with Gasteiger partial charge in [0.25, 0.3) is 9.05 Å². The first kappa shape index (κ1) is 14.4. The summed E-state index contributed by atoms with van der Waals surface area (Å²) in [5, 5.41) is 17.8. The molecule has 5 nitrogen and oxygen atoms in total. The summed E-state index contributed by atoms with van der Waals surface area (Å²) in [7, 11) is 0.315. The molecular formula is C8H3ClF3NO4S. The number of phenolic OH excluding ortho intramolecular Hbond substituents is 1. The van der Waals surface area contributed by atoms with E-state index in [1.54, 1.807) is 0 Å². The van der Waals surface area contributed by atoms with Crippen molar-refractivity contribution in [1.29, 1.82) is 5.26 Å². The minimum Gasteiger partial charge on any atom is -0.503 e. The van der Waals surface area contributed by atoms with Gasteiger partial charge in [-0.1, -0.05) is 0 Å². The molecule has 1 N–H and O–H groups in total. The van der Waals surface area contributed by atoms with E-state index in [-0.39, 0.29) is 0 Å². The first-order valence-electron chi connectivity index (χ1n) is 4.02. The van der Waals surface area contributed by atoms with Gasteiger partial charge in [-0.25, -0.2) is 8.42 Å². The molecule has 0 bridgehead atoms. The molecule has 0 spiro atoms. The number of nitrogens with zero attached hydrogens (tertiary/aromatic N) is 1. The van der Waals surface area contributed by atoms with E-state index >= 15 is 0 Å². The standard InChI is InChI=1S/C8H3ClF3NO4S/c9-18(15,16)5-2-1-4(3-13)6(14)7(5)17-8(10,11)12/h1-2,14H. The SMILES string of the molecule is N#Cc1ccc(S(=O)(=O)Cl)c(OC(F)(F)F)c1O. The quantitative estimate of drug-likeness (QED) is 0.845. The highest BCUT2D eigenvalue weighted by atomic mass is 35.7. The van der Waals surface area contributed by atoms with E-state index in [1.807, 2.05) is 0 Å². The molecule has 0 atom stereocenters. The van der Waals surface area contributed by atoms with Gasteiger partial charge in [0, 0.05) is 10.7 Å². The van der Waals surface area contributed by atoms with Crippen molar-refractivity contribution < 1.29 is 31.4 Å². The predicted octanol–water partition coefficient (Wildman–Crippen LogP) is 2.09. The fourth-order valence-corrected chi connectivity index (χ4v) is 2.00. The Bertz CT molecular complexity index is 620. The van der Waals surface area contributed by atoms with Crippen LogP contribution in [0.1, 0.15) is 5.56 Å². The summed E-state index contributed by atoms with van der Waals surface area (Å²) in [5.41, 5.74) is -0.585. The van der Waals surface area contributed by atoms with E-state index in [4.69, 9.17) is 15.9 Å². The molecule has 0 saturated heterocycles. The van der Waals surface area contributed by atoms with E-state index in [0.29, 0.717) is 6.07 Å². The number of halogens is 4. The molecule has 1 aromatic rings. The Kier molecular flexibility index (Phi) is 3.64. The average Bonchev–Trinajstić information content (AvgIpc) is 2.17. The Labute approximate surface area is 103 Å². The van der Waals surface area contributed by atoms with Gasteiger partial charge >= 0.3 is 6.36 Å². The van der Waals surface area contributed by atoms with Crippen LogP contribution in [0.3, 0.4) is 0 Å². The third kappa shape index (κ3) is 3.18. The van der Waals surface area contributed by atoms with Crippen LogP contribution in [0, 0.1) is 11.3 Å². The number of ether oxygens (including phenoxy) is 1. The number of aromatic hydroxyl groups is 1. The maximum atomic E-state index is 12.1. The van der Waals surface area contributed by atoms with E-state index in [0.717, 1.165) is 6.07 Å². The van der Waals surface area contributed by atoms with Crippen molar-refractivity contribution in [1.82, 2.24) is 0 Å². The molecule has 0 aliphatic carbocycles. The van der Waals surface area contributed by atoms with Gasteiger partial charge in [0.15, 0.2) is 11.5 Å². The van der Waals surface area contributed by atoms with Crippen molar-refractivity contribution >= 4 is 19.7 Å². The first-order chi connectivity index (χ1) is 8.06. The zero-order valence-corrected chi connectivity index (χ0v) is 9.77. The second-order valence-corrected chi connectivity index (χ2v) is 5.42. The molecule has 10 heteroatoms. The summed E-state index contributed by atoms with van der Waals surface area (Å²) >= 11 is 0. The molecule has 18 heavy (non-hydrogen) atoms. The van der Waals surface area contributed by atoms with Crippen molar-refractivity contribution in [3.8, 4) is 17.6 Å². The normalized spacial score (nSPS) is 11.9. The number of hydrogen-bond acceptors (Lipinski definition) is 5. The van der Waals surface area contributed by atoms with Crippen molar-refractivity contribution in [3.05, 3.63) is 17.7 Å². The van der Waals surface area contributed by atoms with Gasteiger partial charge in [-0.2, -0.15) is 5.26 Å². The second kappa shape index (κ2) is 4.55. The molecule has 0 aliphatic heterocycles. The monoisotopic (exact) mass is 301 g/mol. The van der Waals surface area contributed by atoms with E-state index in [2.05, 4.69) is 4.74 Å². The van der Waals surface area contributed by atoms with Gasteiger partial charge in [0.2, 0.25) is 0 Å². The predicted molar refractivity (Wildman–Crippen MR) is 52.5 cm³/mol. The lowest BCUT2D eigenvalue weighted by Crippen LogP contribution is -2.18. The average molecular weight is 302 g/mol. The third-order valence-corrected chi connectivity index (χ3v) is 3.04. The van der Waals surface area contributed by atoms with E-state index < -0.39 is 37.4 Å². The van der Waals surface area contributed by atoms with E-state index in [9.17, 15) is 26.7 Å². The first-order valence-corrected chi connectivity index (χ1v) is 6.33. The Hall–Kier alpha value is -1.66. The summed E-state index contributed by atoms with van der Waals surface area (Å²) in [6, 6.07) is 2.79. The molecule has 0 radical (unpaired) electrons. The van der Waals surface area contributed by atoms with Gasteiger partial charge in [-0.3, -0.25) is 0 Å². The van der Waals surface area contributed by atoms with Gasteiger partial charge in [0.1, 0.15) is 11.0 Å². The number of phenols is 1. The number of alkyl halides is 3. The molecule has 0 aliphatic rings. The Morgan fingerprint density at radius 2 is 1.94 bits per heavy atom. The highest BCUT2D eigenvalue weighted by molar-refractivity contribution is 8.13. The lowest BCUT2D eigenvalue weighted by molar-refractivity contribution is -0.276. The second-order valence-electron chi connectivity index (χ2n) is 2.89. The summed E-state index contributed by atoms with van der Waals surface area (Å²) < 4.78 is 61.6. The Morgan fingerprint density at radius 3 is 2.33 bits per heavy atom. The molecule has 0 fully saturated rings. The fourth-order valence-electron chi connectivity index (χ4n) is 1.05. The van der Waals surface area contributed by atoms with Crippen LogP contribution in [0.15, 0.2) is 17.0 Å². The van der Waals surface area contributed by atoms with Crippen LogP contribution in [-0.4, -0.2) is 19.9 Å². The minimum absolute atomic E-state index is 0.585. The number of hydrogen-bond donors (Lipinski definition) is 1. The zero-order chi connectivity index (χ0) is 14.1. The lowest BCUT2D eigenvalue weighted by Gasteiger charge is -2.13. The lowest BCUT2D eigenvalue weighted by atomic mass is 10.2. The number of benzene rings is 1. The molecule has 0 unspecified atom stereocenters. The summed E-state index contributed by atoms with van der Waals surface area (Å²) in [4.78, 5) is -1.09. The number of rotatable bonds is 2. The molecule has 0 heterocycles. The van der Waals surface area contributed by atoms with Crippen molar-refractivity contribution in [2.45, 2.75) is 11.3 Å². The fraction of sp³-hybridized carbons (Fsp3) is 0.125. The molecule has 0 aromatic heterocycles.